The van der Waals surface area contributed by atoms with E-state index in [1.807, 2.05) is 66.9 Å². The maximum atomic E-state index is 4.80. The van der Waals surface area contributed by atoms with Crippen molar-refractivity contribution in [3.63, 3.8) is 0 Å². The lowest BCUT2D eigenvalue weighted by Crippen LogP contribution is -2.15. The molecule has 0 aromatic heterocycles. The van der Waals surface area contributed by atoms with Gasteiger partial charge in [0.25, 0.3) is 0 Å². The van der Waals surface area contributed by atoms with E-state index in [1.54, 1.807) is 0 Å². The number of aliphatic imine (C=N–C) groups is 2. The third kappa shape index (κ3) is 5.07. The lowest BCUT2D eigenvalue weighted by molar-refractivity contribution is 1.45. The standard InChI is InChI=1S/C22H21N3S/c1-17-13-15-20(16-14-17)23-21(18-9-5-3-6-10-18)25-22(26-2)24-19-11-7-4-8-12-19/h3-16H,1-2H3,(H,23,24,25). The number of amidine groups is 2. The average Bonchev–Trinajstić information content (AvgIpc) is 2.70. The lowest BCUT2D eigenvalue weighted by atomic mass is 10.2. The molecule has 130 valence electrons. The zero-order valence-corrected chi connectivity index (χ0v) is 15.7. The van der Waals surface area contributed by atoms with Gasteiger partial charge in [0.15, 0.2) is 5.17 Å². The molecule has 0 spiro atoms. The quantitative estimate of drug-likeness (QED) is 0.466. The first kappa shape index (κ1) is 18.0. The summed E-state index contributed by atoms with van der Waals surface area (Å²) < 4.78 is 0. The summed E-state index contributed by atoms with van der Waals surface area (Å²) in [6, 6.07) is 28.3. The van der Waals surface area contributed by atoms with E-state index in [0.717, 1.165) is 22.8 Å². The normalized spacial score (nSPS) is 12.1. The van der Waals surface area contributed by atoms with Gasteiger partial charge in [0.1, 0.15) is 5.84 Å². The van der Waals surface area contributed by atoms with Gasteiger partial charge in [0, 0.05) is 11.3 Å². The van der Waals surface area contributed by atoms with E-state index in [2.05, 4.69) is 41.5 Å². The molecule has 3 aromatic carbocycles. The Morgan fingerprint density at radius 1 is 0.808 bits per heavy atom. The zero-order chi connectivity index (χ0) is 18.2. The van der Waals surface area contributed by atoms with Gasteiger partial charge in [0.2, 0.25) is 0 Å². The molecule has 0 saturated carbocycles. The van der Waals surface area contributed by atoms with Gasteiger partial charge in [-0.15, -0.1) is 0 Å². The molecule has 0 atom stereocenters. The van der Waals surface area contributed by atoms with Gasteiger partial charge < -0.3 is 5.32 Å². The summed E-state index contributed by atoms with van der Waals surface area (Å²) in [6.07, 6.45) is 1.99. The number of hydrogen-bond donors (Lipinski definition) is 1. The molecule has 3 aromatic rings. The van der Waals surface area contributed by atoms with Crippen LogP contribution in [0.2, 0.25) is 0 Å². The molecule has 0 heterocycles. The van der Waals surface area contributed by atoms with Crippen molar-refractivity contribution in [1.82, 2.24) is 0 Å². The Morgan fingerprint density at radius 3 is 2.04 bits per heavy atom. The number of hydrogen-bond acceptors (Lipinski definition) is 2. The maximum absolute atomic E-state index is 4.80. The van der Waals surface area contributed by atoms with Crippen LogP contribution in [0.5, 0.6) is 0 Å². The van der Waals surface area contributed by atoms with Gasteiger partial charge in [-0.3, -0.25) is 0 Å². The highest BCUT2D eigenvalue weighted by Gasteiger charge is 2.06. The molecule has 0 bridgehead atoms. The number of rotatable bonds is 3. The van der Waals surface area contributed by atoms with Gasteiger partial charge in [-0.2, -0.15) is 0 Å². The molecular weight excluding hydrogens is 338 g/mol. The fourth-order valence-electron chi connectivity index (χ4n) is 2.36. The van der Waals surface area contributed by atoms with Gasteiger partial charge in [-0.1, -0.05) is 78.0 Å². The van der Waals surface area contributed by atoms with Crippen molar-refractivity contribution in [3.05, 3.63) is 96.1 Å². The van der Waals surface area contributed by atoms with Gasteiger partial charge in [-0.25, -0.2) is 9.98 Å². The number of nitrogens with one attached hydrogen (secondary N) is 1. The number of aryl methyl sites for hydroxylation is 1. The third-order valence-electron chi connectivity index (χ3n) is 3.73. The Balaban J connectivity index is 1.97. The Hall–Kier alpha value is -2.85. The minimum absolute atomic E-state index is 0.703. The van der Waals surface area contributed by atoms with Crippen molar-refractivity contribution in [3.8, 4) is 0 Å². The highest BCUT2D eigenvalue weighted by atomic mass is 32.2. The summed E-state index contributed by atoms with van der Waals surface area (Å²) in [6.45, 7) is 2.08. The van der Waals surface area contributed by atoms with Crippen LogP contribution in [0.4, 0.5) is 11.4 Å². The van der Waals surface area contributed by atoms with Crippen molar-refractivity contribution >= 4 is 34.1 Å². The van der Waals surface area contributed by atoms with E-state index in [-0.39, 0.29) is 0 Å². The molecular formula is C22H21N3S. The monoisotopic (exact) mass is 359 g/mol. The Morgan fingerprint density at radius 2 is 1.42 bits per heavy atom. The maximum Gasteiger partial charge on any atom is 0.189 e. The molecule has 0 radical (unpaired) electrons. The molecule has 26 heavy (non-hydrogen) atoms. The summed E-state index contributed by atoms with van der Waals surface area (Å²) in [5.74, 6) is 0.776. The topological polar surface area (TPSA) is 36.8 Å². The molecule has 1 N–H and O–H groups in total. The third-order valence-corrected chi connectivity index (χ3v) is 4.28. The first-order valence-electron chi connectivity index (χ1n) is 8.40. The van der Waals surface area contributed by atoms with Gasteiger partial charge >= 0.3 is 0 Å². The second-order valence-corrected chi connectivity index (χ2v) is 6.52. The van der Waals surface area contributed by atoms with Crippen LogP contribution in [0.3, 0.4) is 0 Å². The predicted octanol–water partition coefficient (Wildman–Crippen LogP) is 5.90. The van der Waals surface area contributed by atoms with E-state index in [1.165, 1.54) is 17.3 Å². The van der Waals surface area contributed by atoms with E-state index in [4.69, 9.17) is 4.99 Å². The predicted molar refractivity (Wildman–Crippen MR) is 115 cm³/mol. The van der Waals surface area contributed by atoms with Crippen molar-refractivity contribution in [1.29, 1.82) is 0 Å². The lowest BCUT2D eigenvalue weighted by Gasteiger charge is -2.11. The van der Waals surface area contributed by atoms with E-state index >= 15 is 0 Å². The van der Waals surface area contributed by atoms with E-state index < -0.39 is 0 Å². The Labute approximate surface area is 158 Å². The minimum atomic E-state index is 0.703. The average molecular weight is 359 g/mol. The number of thioether (sulfide) groups is 1. The SMILES string of the molecule is CSC(=Nc1ccccc1)/N=C(/Nc1ccc(C)cc1)c1ccccc1. The van der Waals surface area contributed by atoms with Crippen LogP contribution in [0, 0.1) is 6.92 Å². The molecule has 0 unspecified atom stereocenters. The fraction of sp³-hybridized carbons (Fsp3) is 0.0909. The summed E-state index contributed by atoms with van der Waals surface area (Å²) in [5.41, 5.74) is 4.13. The molecule has 4 heteroatoms. The largest absolute Gasteiger partial charge is 0.340 e. The summed E-state index contributed by atoms with van der Waals surface area (Å²) in [7, 11) is 0. The smallest absolute Gasteiger partial charge is 0.189 e. The number of benzene rings is 3. The highest BCUT2D eigenvalue weighted by molar-refractivity contribution is 8.13. The summed E-state index contributed by atoms with van der Waals surface area (Å²) in [4.78, 5) is 9.45. The van der Waals surface area contributed by atoms with Crippen LogP contribution >= 0.6 is 11.8 Å². The number of nitrogens with zero attached hydrogens (tertiary/aromatic N) is 2. The first-order chi connectivity index (χ1) is 12.7. The van der Waals surface area contributed by atoms with Crippen molar-refractivity contribution in [2.75, 3.05) is 11.6 Å². The highest BCUT2D eigenvalue weighted by Crippen LogP contribution is 2.16. The van der Waals surface area contributed by atoms with Gasteiger partial charge in [-0.05, 0) is 37.4 Å². The Kier molecular flexibility index (Phi) is 6.23. The Bertz CT molecular complexity index is 886. The first-order valence-corrected chi connectivity index (χ1v) is 9.62. The van der Waals surface area contributed by atoms with E-state index in [0.29, 0.717) is 5.17 Å². The summed E-state index contributed by atoms with van der Waals surface area (Å²) in [5, 5.41) is 4.13. The second-order valence-electron chi connectivity index (χ2n) is 5.75. The van der Waals surface area contributed by atoms with Crippen LogP contribution in [-0.4, -0.2) is 17.3 Å². The minimum Gasteiger partial charge on any atom is -0.340 e. The molecule has 0 aliphatic heterocycles. The molecule has 3 nitrogen and oxygen atoms in total. The van der Waals surface area contributed by atoms with Gasteiger partial charge in [0.05, 0.1) is 5.69 Å². The second kappa shape index (κ2) is 9.02. The zero-order valence-electron chi connectivity index (χ0n) is 14.9. The molecule has 0 aliphatic rings. The van der Waals surface area contributed by atoms with E-state index in [9.17, 15) is 0 Å². The van der Waals surface area contributed by atoms with Crippen molar-refractivity contribution in [2.45, 2.75) is 6.92 Å². The van der Waals surface area contributed by atoms with Crippen molar-refractivity contribution < 1.29 is 0 Å². The fourth-order valence-corrected chi connectivity index (χ4v) is 2.74. The van der Waals surface area contributed by atoms with Crippen LogP contribution < -0.4 is 5.32 Å². The number of para-hydroxylation sites is 1. The van der Waals surface area contributed by atoms with Crippen LogP contribution in [0.25, 0.3) is 0 Å². The van der Waals surface area contributed by atoms with Crippen LogP contribution in [0.1, 0.15) is 11.1 Å². The van der Waals surface area contributed by atoms with Crippen LogP contribution in [-0.2, 0) is 0 Å². The molecule has 0 aliphatic carbocycles. The molecule has 3 rings (SSSR count). The molecule has 0 fully saturated rings. The molecule has 0 amide bonds. The molecule has 0 saturated heterocycles. The van der Waals surface area contributed by atoms with Crippen LogP contribution in [0.15, 0.2) is 94.9 Å². The van der Waals surface area contributed by atoms with Crippen molar-refractivity contribution in [2.24, 2.45) is 9.98 Å². The summed E-state index contributed by atoms with van der Waals surface area (Å²) >= 11 is 1.52. The number of anilines is 1.